The van der Waals surface area contributed by atoms with Gasteiger partial charge in [-0.2, -0.15) is 0 Å². The van der Waals surface area contributed by atoms with E-state index in [0.717, 1.165) is 11.1 Å². The van der Waals surface area contributed by atoms with Crippen molar-refractivity contribution in [2.75, 3.05) is 20.8 Å². The summed E-state index contributed by atoms with van der Waals surface area (Å²) >= 11 is 0. The van der Waals surface area contributed by atoms with E-state index in [1.165, 1.54) is 25.3 Å². The lowest BCUT2D eigenvalue weighted by atomic mass is 9.81. The van der Waals surface area contributed by atoms with Crippen LogP contribution in [0.2, 0.25) is 0 Å². The number of hydrogen-bond donors (Lipinski definition) is 4. The molecule has 4 aromatic rings. The van der Waals surface area contributed by atoms with Crippen molar-refractivity contribution in [1.29, 1.82) is 0 Å². The number of benzene rings is 3. The molecule has 1 aliphatic rings. The molecule has 0 radical (unpaired) electrons. The van der Waals surface area contributed by atoms with E-state index in [9.17, 15) is 25.2 Å². The molecule has 5 rings (SSSR count). The standard InChI is InChI=1S/C31H32O10/c1-17-6-4-5-7-19(17)15-31(16-32)29(36)27(34)28(35)30(41-31)40-25-13-21(38-3)12-24-26(25)22(33)14-23(39-24)18-8-10-20(37-2)11-9-18/h4-14,27-30,32,34-36H,15-16H2,1-3H3/t27-,28-,29+,30?,31-/m0/s1. The van der Waals surface area contributed by atoms with Crippen LogP contribution in [-0.2, 0) is 11.2 Å². The van der Waals surface area contributed by atoms with E-state index in [0.29, 0.717) is 22.8 Å². The van der Waals surface area contributed by atoms with E-state index in [-0.39, 0.29) is 23.1 Å². The third-order valence-corrected chi connectivity index (χ3v) is 7.48. The number of aryl methyl sites for hydroxylation is 1. The van der Waals surface area contributed by atoms with Gasteiger partial charge in [-0.05, 0) is 42.3 Å². The normalized spacial score (nSPS) is 24.3. The average Bonchev–Trinajstić information content (AvgIpc) is 2.99. The fraction of sp³-hybridized carbons (Fsp3) is 0.323. The Hall–Kier alpha value is -3.93. The number of rotatable bonds is 8. The molecular weight excluding hydrogens is 532 g/mol. The van der Waals surface area contributed by atoms with Gasteiger partial charge in [0.05, 0.1) is 20.8 Å². The molecule has 0 bridgehead atoms. The third-order valence-electron chi connectivity index (χ3n) is 7.48. The lowest BCUT2D eigenvalue weighted by molar-refractivity contribution is -0.318. The van der Waals surface area contributed by atoms with Crippen LogP contribution in [0.3, 0.4) is 0 Å². The van der Waals surface area contributed by atoms with E-state index < -0.39 is 42.2 Å². The SMILES string of the molecule is COc1ccc(-c2cc(=O)c3c(OC4O[C@](CO)(Cc5ccccc5C)[C@H](O)[C@@H](O)[C@@H]4O)cc(OC)cc3o2)cc1. The summed E-state index contributed by atoms with van der Waals surface area (Å²) < 4.78 is 28.7. The molecule has 2 heterocycles. The van der Waals surface area contributed by atoms with Crippen LogP contribution in [0.15, 0.2) is 75.9 Å². The smallest absolute Gasteiger partial charge is 0.229 e. The Labute approximate surface area is 235 Å². The van der Waals surface area contributed by atoms with Crippen molar-refractivity contribution in [1.82, 2.24) is 0 Å². The van der Waals surface area contributed by atoms with Gasteiger partial charge in [-0.1, -0.05) is 24.3 Å². The second kappa shape index (κ2) is 11.5. The van der Waals surface area contributed by atoms with Crippen LogP contribution in [0.25, 0.3) is 22.3 Å². The maximum absolute atomic E-state index is 13.4. The Balaban J connectivity index is 1.54. The summed E-state index contributed by atoms with van der Waals surface area (Å²) in [6.07, 6.45) is -6.62. The quantitative estimate of drug-likeness (QED) is 0.252. The molecule has 10 heteroatoms. The van der Waals surface area contributed by atoms with Crippen molar-refractivity contribution >= 4 is 11.0 Å². The Kier molecular flexibility index (Phi) is 8.03. The topological polar surface area (TPSA) is 148 Å². The zero-order valence-corrected chi connectivity index (χ0v) is 22.8. The highest BCUT2D eigenvalue weighted by Gasteiger charge is 2.54. The molecule has 1 fully saturated rings. The van der Waals surface area contributed by atoms with Gasteiger partial charge < -0.3 is 43.8 Å². The molecule has 1 aliphatic heterocycles. The van der Waals surface area contributed by atoms with Gasteiger partial charge in [0, 0.05) is 30.2 Å². The van der Waals surface area contributed by atoms with Gasteiger partial charge in [-0.3, -0.25) is 4.79 Å². The Morgan fingerprint density at radius 3 is 2.27 bits per heavy atom. The molecule has 1 saturated heterocycles. The fourth-order valence-corrected chi connectivity index (χ4v) is 5.05. The minimum atomic E-state index is -1.72. The summed E-state index contributed by atoms with van der Waals surface area (Å²) in [5.74, 6) is 1.20. The van der Waals surface area contributed by atoms with Crippen LogP contribution < -0.4 is 19.6 Å². The van der Waals surface area contributed by atoms with E-state index in [1.54, 1.807) is 31.4 Å². The number of aliphatic hydroxyl groups excluding tert-OH is 4. The highest BCUT2D eigenvalue weighted by Crippen LogP contribution is 2.38. The average molecular weight is 565 g/mol. The molecule has 5 atom stereocenters. The zero-order valence-electron chi connectivity index (χ0n) is 22.8. The summed E-state index contributed by atoms with van der Waals surface area (Å²) in [6, 6.07) is 18.6. The summed E-state index contributed by atoms with van der Waals surface area (Å²) in [7, 11) is 2.99. The van der Waals surface area contributed by atoms with Gasteiger partial charge in [0.25, 0.3) is 0 Å². The van der Waals surface area contributed by atoms with Gasteiger partial charge in [0.2, 0.25) is 6.29 Å². The maximum atomic E-state index is 13.4. The second-order valence-corrected chi connectivity index (χ2v) is 10.1. The van der Waals surface area contributed by atoms with E-state index in [1.807, 2.05) is 31.2 Å². The molecule has 0 spiro atoms. The van der Waals surface area contributed by atoms with Gasteiger partial charge in [0.1, 0.15) is 57.9 Å². The first-order chi connectivity index (χ1) is 19.7. The van der Waals surface area contributed by atoms with Crippen LogP contribution in [-0.4, -0.2) is 71.5 Å². The van der Waals surface area contributed by atoms with Crippen molar-refractivity contribution in [3.8, 4) is 28.6 Å². The first-order valence-corrected chi connectivity index (χ1v) is 13.0. The first-order valence-electron chi connectivity index (χ1n) is 13.0. The lowest BCUT2D eigenvalue weighted by Gasteiger charge is -2.47. The second-order valence-electron chi connectivity index (χ2n) is 10.1. The van der Waals surface area contributed by atoms with E-state index in [2.05, 4.69) is 0 Å². The third kappa shape index (κ3) is 5.40. The lowest BCUT2D eigenvalue weighted by Crippen LogP contribution is -2.67. The van der Waals surface area contributed by atoms with Crippen LogP contribution in [0.4, 0.5) is 0 Å². The molecule has 10 nitrogen and oxygen atoms in total. The van der Waals surface area contributed by atoms with Crippen LogP contribution >= 0.6 is 0 Å². The Bertz CT molecular complexity index is 1580. The summed E-state index contributed by atoms with van der Waals surface area (Å²) in [5.41, 5.74) is 0.295. The number of methoxy groups -OCH3 is 2. The number of ether oxygens (including phenoxy) is 4. The van der Waals surface area contributed by atoms with Gasteiger partial charge in [-0.15, -0.1) is 0 Å². The summed E-state index contributed by atoms with van der Waals surface area (Å²) in [5, 5.41) is 43.0. The fourth-order valence-electron chi connectivity index (χ4n) is 5.05. The maximum Gasteiger partial charge on any atom is 0.229 e. The minimum Gasteiger partial charge on any atom is -0.497 e. The highest BCUT2D eigenvalue weighted by atomic mass is 16.7. The van der Waals surface area contributed by atoms with Gasteiger partial charge in [-0.25, -0.2) is 0 Å². The predicted molar refractivity (Wildman–Crippen MR) is 149 cm³/mol. The summed E-state index contributed by atoms with van der Waals surface area (Å²) in [6.45, 7) is 1.19. The number of aliphatic hydroxyl groups is 4. The summed E-state index contributed by atoms with van der Waals surface area (Å²) in [4.78, 5) is 13.4. The number of hydrogen-bond acceptors (Lipinski definition) is 10. The molecular formula is C31H32O10. The van der Waals surface area contributed by atoms with E-state index in [4.69, 9.17) is 23.4 Å². The zero-order chi connectivity index (χ0) is 29.3. The molecule has 3 aromatic carbocycles. The van der Waals surface area contributed by atoms with Crippen LogP contribution in [0.1, 0.15) is 11.1 Å². The molecule has 0 amide bonds. The van der Waals surface area contributed by atoms with Crippen molar-refractivity contribution in [2.45, 2.75) is 43.5 Å². The number of fused-ring (bicyclic) bond motifs is 1. The van der Waals surface area contributed by atoms with Crippen molar-refractivity contribution in [2.24, 2.45) is 0 Å². The molecule has 1 aromatic heterocycles. The van der Waals surface area contributed by atoms with Gasteiger partial charge >= 0.3 is 0 Å². The van der Waals surface area contributed by atoms with Crippen molar-refractivity contribution in [3.63, 3.8) is 0 Å². The highest BCUT2D eigenvalue weighted by molar-refractivity contribution is 5.86. The predicted octanol–water partition coefficient (Wildman–Crippen LogP) is 2.58. The van der Waals surface area contributed by atoms with Crippen molar-refractivity contribution in [3.05, 3.63) is 88.1 Å². The minimum absolute atomic E-state index is 0.0210. The molecule has 0 saturated carbocycles. The van der Waals surface area contributed by atoms with Gasteiger partial charge in [0.15, 0.2) is 5.43 Å². The van der Waals surface area contributed by atoms with Crippen LogP contribution in [0, 0.1) is 6.92 Å². The first kappa shape index (κ1) is 28.6. The van der Waals surface area contributed by atoms with Crippen LogP contribution in [0.5, 0.6) is 17.2 Å². The molecule has 1 unspecified atom stereocenters. The molecule has 4 N–H and O–H groups in total. The molecule has 41 heavy (non-hydrogen) atoms. The largest absolute Gasteiger partial charge is 0.497 e. The monoisotopic (exact) mass is 564 g/mol. The molecule has 0 aliphatic carbocycles. The van der Waals surface area contributed by atoms with E-state index >= 15 is 0 Å². The Morgan fingerprint density at radius 1 is 0.902 bits per heavy atom. The molecule has 216 valence electrons. The Morgan fingerprint density at radius 2 is 1.61 bits per heavy atom. The van der Waals surface area contributed by atoms with Crippen molar-refractivity contribution < 1.29 is 43.8 Å².